The van der Waals surface area contributed by atoms with Gasteiger partial charge in [0.2, 0.25) is 0 Å². The van der Waals surface area contributed by atoms with E-state index < -0.39 is 0 Å². The fourth-order valence-electron chi connectivity index (χ4n) is 1.94. The Morgan fingerprint density at radius 3 is 2.62 bits per heavy atom. The van der Waals surface area contributed by atoms with Crippen molar-refractivity contribution in [1.82, 2.24) is 10.2 Å². The molecule has 21 heavy (non-hydrogen) atoms. The van der Waals surface area contributed by atoms with E-state index in [0.29, 0.717) is 17.4 Å². The molecule has 0 aliphatic rings. The summed E-state index contributed by atoms with van der Waals surface area (Å²) in [5, 5.41) is 4.11. The molecule has 0 radical (unpaired) electrons. The third kappa shape index (κ3) is 6.55. The summed E-state index contributed by atoms with van der Waals surface area (Å²) >= 11 is 6.32. The van der Waals surface area contributed by atoms with Crippen LogP contribution in [0.2, 0.25) is 5.02 Å². The monoisotopic (exact) mass is 314 g/mol. The number of ether oxygens (including phenoxy) is 2. The average Bonchev–Trinajstić information content (AvgIpc) is 2.46. The summed E-state index contributed by atoms with van der Waals surface area (Å²) < 4.78 is 11.0. The predicted octanol–water partition coefficient (Wildman–Crippen LogP) is 3.18. The van der Waals surface area contributed by atoms with Gasteiger partial charge < -0.3 is 19.7 Å². The molecule has 5 heteroatoms. The van der Waals surface area contributed by atoms with Crippen LogP contribution in [0.1, 0.15) is 25.3 Å². The van der Waals surface area contributed by atoms with E-state index in [2.05, 4.69) is 31.2 Å². The van der Waals surface area contributed by atoms with Gasteiger partial charge in [-0.25, -0.2) is 0 Å². The number of rotatable bonds is 10. The van der Waals surface area contributed by atoms with E-state index in [-0.39, 0.29) is 0 Å². The van der Waals surface area contributed by atoms with Crippen molar-refractivity contribution in [3.63, 3.8) is 0 Å². The van der Waals surface area contributed by atoms with Crippen LogP contribution in [-0.2, 0) is 6.54 Å². The molecule has 0 atom stereocenters. The highest BCUT2D eigenvalue weighted by molar-refractivity contribution is 6.31. The maximum absolute atomic E-state index is 6.32. The summed E-state index contributed by atoms with van der Waals surface area (Å²) in [6, 6.07) is 3.79. The van der Waals surface area contributed by atoms with Crippen LogP contribution in [0.3, 0.4) is 0 Å². The van der Waals surface area contributed by atoms with E-state index in [1.807, 2.05) is 12.1 Å². The van der Waals surface area contributed by atoms with E-state index in [1.165, 1.54) is 0 Å². The number of hydrogen-bond donors (Lipinski definition) is 1. The Bertz CT molecular complexity index is 425. The van der Waals surface area contributed by atoms with Crippen LogP contribution in [0, 0.1) is 0 Å². The summed E-state index contributed by atoms with van der Waals surface area (Å²) in [6.45, 7) is 5.50. The molecular weight excluding hydrogens is 288 g/mol. The zero-order valence-corrected chi connectivity index (χ0v) is 14.3. The molecule has 0 aromatic heterocycles. The van der Waals surface area contributed by atoms with Crippen molar-refractivity contribution in [1.29, 1.82) is 0 Å². The standard InChI is InChI=1S/C16H27ClN2O2/c1-5-9-21-16-11-14(17)13(10-15(16)20-4)12-18-7-6-8-19(2)3/h10-11,18H,5-9,12H2,1-4H3. The summed E-state index contributed by atoms with van der Waals surface area (Å²) in [4.78, 5) is 2.18. The van der Waals surface area contributed by atoms with Crippen molar-refractivity contribution in [2.24, 2.45) is 0 Å². The van der Waals surface area contributed by atoms with Gasteiger partial charge in [-0.15, -0.1) is 0 Å². The molecule has 0 saturated carbocycles. The van der Waals surface area contributed by atoms with Gasteiger partial charge in [-0.05, 0) is 51.7 Å². The highest BCUT2D eigenvalue weighted by atomic mass is 35.5. The molecule has 0 spiro atoms. The van der Waals surface area contributed by atoms with Crippen LogP contribution < -0.4 is 14.8 Å². The minimum absolute atomic E-state index is 0.662. The van der Waals surface area contributed by atoms with Gasteiger partial charge in [0.15, 0.2) is 11.5 Å². The summed E-state index contributed by atoms with van der Waals surface area (Å²) in [5.74, 6) is 1.44. The second-order valence-electron chi connectivity index (χ2n) is 5.28. The number of benzene rings is 1. The van der Waals surface area contributed by atoms with E-state index in [4.69, 9.17) is 21.1 Å². The molecule has 0 unspecified atom stereocenters. The highest BCUT2D eigenvalue weighted by Gasteiger charge is 2.10. The minimum Gasteiger partial charge on any atom is -0.493 e. The molecule has 1 rings (SSSR count). The lowest BCUT2D eigenvalue weighted by Gasteiger charge is -2.14. The average molecular weight is 315 g/mol. The second kappa shape index (κ2) is 9.87. The number of nitrogens with one attached hydrogen (secondary N) is 1. The lowest BCUT2D eigenvalue weighted by Crippen LogP contribution is -2.21. The third-order valence-electron chi connectivity index (χ3n) is 3.07. The van der Waals surface area contributed by atoms with Gasteiger partial charge in [0.05, 0.1) is 13.7 Å². The predicted molar refractivity (Wildman–Crippen MR) is 88.7 cm³/mol. The first-order chi connectivity index (χ1) is 10.1. The van der Waals surface area contributed by atoms with Gasteiger partial charge in [-0.1, -0.05) is 18.5 Å². The van der Waals surface area contributed by atoms with Crippen LogP contribution >= 0.6 is 11.6 Å². The Balaban J connectivity index is 2.58. The Labute approximate surface area is 133 Å². The Morgan fingerprint density at radius 1 is 1.24 bits per heavy atom. The largest absolute Gasteiger partial charge is 0.493 e. The first-order valence-electron chi connectivity index (χ1n) is 7.43. The lowest BCUT2D eigenvalue weighted by atomic mass is 10.2. The van der Waals surface area contributed by atoms with Crippen molar-refractivity contribution in [3.8, 4) is 11.5 Å². The Morgan fingerprint density at radius 2 is 2.00 bits per heavy atom. The van der Waals surface area contributed by atoms with Gasteiger partial charge in [-0.3, -0.25) is 0 Å². The smallest absolute Gasteiger partial charge is 0.162 e. The minimum atomic E-state index is 0.662. The van der Waals surface area contributed by atoms with E-state index in [1.54, 1.807) is 7.11 Å². The maximum atomic E-state index is 6.32. The number of halogens is 1. The van der Waals surface area contributed by atoms with Gasteiger partial charge >= 0.3 is 0 Å². The van der Waals surface area contributed by atoms with Crippen molar-refractivity contribution in [2.45, 2.75) is 26.3 Å². The SMILES string of the molecule is CCCOc1cc(Cl)c(CNCCCN(C)C)cc1OC. The van der Waals surface area contributed by atoms with Crippen molar-refractivity contribution in [2.75, 3.05) is 40.9 Å². The molecule has 0 heterocycles. The van der Waals surface area contributed by atoms with Crippen LogP contribution in [0.5, 0.6) is 11.5 Å². The fourth-order valence-corrected chi connectivity index (χ4v) is 2.16. The normalized spacial score (nSPS) is 11.0. The Kier molecular flexibility index (Phi) is 8.50. The summed E-state index contributed by atoms with van der Waals surface area (Å²) in [5.41, 5.74) is 1.03. The van der Waals surface area contributed by atoms with Crippen molar-refractivity contribution < 1.29 is 9.47 Å². The molecule has 0 saturated heterocycles. The molecule has 1 aromatic carbocycles. The van der Waals surface area contributed by atoms with Crippen LogP contribution in [0.15, 0.2) is 12.1 Å². The molecule has 1 aromatic rings. The molecule has 0 aliphatic heterocycles. The first kappa shape index (κ1) is 18.1. The fraction of sp³-hybridized carbons (Fsp3) is 0.625. The van der Waals surface area contributed by atoms with Crippen LogP contribution in [0.4, 0.5) is 0 Å². The number of methoxy groups -OCH3 is 1. The van der Waals surface area contributed by atoms with Gasteiger partial charge in [-0.2, -0.15) is 0 Å². The number of hydrogen-bond acceptors (Lipinski definition) is 4. The lowest BCUT2D eigenvalue weighted by molar-refractivity contribution is 0.294. The van der Waals surface area contributed by atoms with Gasteiger partial charge in [0.1, 0.15) is 0 Å². The van der Waals surface area contributed by atoms with Crippen molar-refractivity contribution >= 4 is 11.6 Å². The molecule has 120 valence electrons. The maximum Gasteiger partial charge on any atom is 0.162 e. The molecule has 0 bridgehead atoms. The second-order valence-corrected chi connectivity index (χ2v) is 5.68. The molecule has 1 N–H and O–H groups in total. The quantitative estimate of drug-likeness (QED) is 0.673. The zero-order valence-electron chi connectivity index (χ0n) is 13.5. The van der Waals surface area contributed by atoms with Gasteiger partial charge in [0.25, 0.3) is 0 Å². The summed E-state index contributed by atoms with van der Waals surface area (Å²) in [7, 11) is 5.81. The topological polar surface area (TPSA) is 33.7 Å². The van der Waals surface area contributed by atoms with E-state index >= 15 is 0 Å². The molecular formula is C16H27ClN2O2. The van der Waals surface area contributed by atoms with Crippen molar-refractivity contribution in [3.05, 3.63) is 22.7 Å². The molecule has 0 amide bonds. The number of nitrogens with zero attached hydrogens (tertiary/aromatic N) is 1. The highest BCUT2D eigenvalue weighted by Crippen LogP contribution is 2.33. The Hall–Kier alpha value is -0.970. The van der Waals surface area contributed by atoms with Crippen LogP contribution in [0.25, 0.3) is 0 Å². The van der Waals surface area contributed by atoms with E-state index in [0.717, 1.165) is 43.8 Å². The van der Waals surface area contributed by atoms with E-state index in [9.17, 15) is 0 Å². The molecule has 0 aliphatic carbocycles. The van der Waals surface area contributed by atoms with Crippen LogP contribution in [-0.4, -0.2) is 45.8 Å². The third-order valence-corrected chi connectivity index (χ3v) is 3.42. The first-order valence-corrected chi connectivity index (χ1v) is 7.81. The summed E-state index contributed by atoms with van der Waals surface area (Å²) in [6.07, 6.45) is 2.06. The molecule has 4 nitrogen and oxygen atoms in total. The molecule has 0 fully saturated rings. The zero-order chi connectivity index (χ0) is 15.7. The van der Waals surface area contributed by atoms with Gasteiger partial charge in [0, 0.05) is 17.6 Å².